The maximum Gasteiger partial charge on any atom is 0.485 e. The number of hydrogen-bond acceptors (Lipinski definition) is 3. The molecule has 0 amide bonds. The molecule has 28 heavy (non-hydrogen) atoms. The zero-order valence-electron chi connectivity index (χ0n) is 19.1. The van der Waals surface area contributed by atoms with Crippen molar-refractivity contribution in [2.75, 3.05) is 0 Å². The van der Waals surface area contributed by atoms with Gasteiger partial charge in [-0.3, -0.25) is 0 Å². The Bertz CT molecular complexity index is 559. The molecule has 0 aromatic heterocycles. The monoisotopic (exact) mass is 502 g/mol. The third-order valence-corrected chi connectivity index (χ3v) is 50.6. The minimum absolute atomic E-state index is 0.228. The fourth-order valence-electron chi connectivity index (χ4n) is 2.76. The van der Waals surface area contributed by atoms with E-state index in [1.54, 1.807) is 0 Å². The molecule has 1 rings (SSSR count). The van der Waals surface area contributed by atoms with Crippen LogP contribution in [0.4, 0.5) is 13.2 Å². The highest BCUT2D eigenvalue weighted by molar-refractivity contribution is 9.09. The summed E-state index contributed by atoms with van der Waals surface area (Å²) in [5, 5.41) is 2.24. The van der Waals surface area contributed by atoms with E-state index in [1.165, 1.54) is 0 Å². The first kappa shape index (κ1) is 29.4. The van der Waals surface area contributed by atoms with Crippen molar-refractivity contribution in [1.82, 2.24) is 0 Å². The molecule has 1 saturated heterocycles. The lowest BCUT2D eigenvalue weighted by molar-refractivity contribution is -0.0517. The Morgan fingerprint density at radius 1 is 0.679 bits per heavy atom. The van der Waals surface area contributed by atoms with Gasteiger partial charge in [-0.25, -0.2) is 8.42 Å². The first-order chi connectivity index (χ1) is 11.7. The summed E-state index contributed by atoms with van der Waals surface area (Å²) in [6.07, 6.45) is 0. The zero-order valence-corrected chi connectivity index (χ0v) is 23.6. The van der Waals surface area contributed by atoms with Gasteiger partial charge in [-0.2, -0.15) is 13.2 Å². The smallest absolute Gasteiger partial charge is 0.485 e. The summed E-state index contributed by atoms with van der Waals surface area (Å²) < 4.78 is 58.9. The van der Waals surface area contributed by atoms with Crippen LogP contribution in [0.1, 0.15) is 83.1 Å². The van der Waals surface area contributed by atoms with Crippen LogP contribution in [0.2, 0.25) is 0 Å². The van der Waals surface area contributed by atoms with Gasteiger partial charge in [0.25, 0.3) is 0 Å². The van der Waals surface area contributed by atoms with E-state index in [1.807, 2.05) is 0 Å². The Morgan fingerprint density at radius 3 is 1.04 bits per heavy atom. The van der Waals surface area contributed by atoms with Gasteiger partial charge in [0.15, 0.2) is 10.1 Å². The van der Waals surface area contributed by atoms with E-state index in [9.17, 15) is 13.2 Å². The fraction of sp³-hybridized carbons (Fsp3) is 1.00. The van der Waals surface area contributed by atoms with Gasteiger partial charge in [0.2, 0.25) is 0 Å². The minimum Gasteiger partial charge on any atom is -0.741 e. The Kier molecular flexibility index (Phi) is 9.19. The van der Waals surface area contributed by atoms with E-state index in [2.05, 4.69) is 83.1 Å². The Hall–Kier alpha value is 1.42. The maximum atomic E-state index is 10.7. The molecule has 170 valence electrons. The number of hydrogen-bond donors (Lipinski definition) is 0. The standard InChI is InChI=1S/C16H36P4.CHF3O3S/c1-13(2,3)17-18(14(4,5)6)20(16(10,11)12)19(17)15(7,8)9;2-1(3,4)8(5,6)7/h1-12H3;(H,5,6,7)/t17-,18?,19?,20-;. The lowest BCUT2D eigenvalue weighted by atomic mass is 10.3. The van der Waals surface area contributed by atoms with Crippen molar-refractivity contribution >= 4 is 39.3 Å². The minimum atomic E-state index is -6.09. The predicted octanol–water partition coefficient (Wildman–Crippen LogP) is 8.57. The zero-order chi connectivity index (χ0) is 23.3. The first-order valence-corrected chi connectivity index (χ1v) is 19.1. The van der Waals surface area contributed by atoms with Crippen molar-refractivity contribution in [2.45, 2.75) is 109 Å². The second-order valence-electron chi connectivity index (χ2n) is 10.9. The van der Waals surface area contributed by atoms with Gasteiger partial charge in [-0.15, -0.1) is 0 Å². The summed E-state index contributed by atoms with van der Waals surface area (Å²) in [7, 11) is -5.59. The van der Waals surface area contributed by atoms with Crippen molar-refractivity contribution in [3.8, 4) is 0 Å². The molecule has 11 heteroatoms. The summed E-state index contributed by atoms with van der Waals surface area (Å²) in [6.45, 7) is 30.4. The molecule has 1 aliphatic rings. The van der Waals surface area contributed by atoms with Crippen molar-refractivity contribution < 1.29 is 26.1 Å². The highest BCUT2D eigenvalue weighted by Gasteiger charge is 2.71. The molecule has 3 nitrogen and oxygen atoms in total. The third-order valence-electron chi connectivity index (χ3n) is 3.61. The molecule has 0 bridgehead atoms. The number of halogens is 3. The molecule has 0 aromatic rings. The van der Waals surface area contributed by atoms with E-state index >= 15 is 0 Å². The molecule has 1 heterocycles. The molecule has 1 fully saturated rings. The Morgan fingerprint density at radius 2 is 0.929 bits per heavy atom. The summed E-state index contributed by atoms with van der Waals surface area (Å²) >= 11 is 0. The van der Waals surface area contributed by atoms with Crippen LogP contribution in [-0.2, 0) is 10.1 Å². The summed E-state index contributed by atoms with van der Waals surface area (Å²) in [5.41, 5.74) is -5.65. The molecule has 0 N–H and O–H groups in total. The van der Waals surface area contributed by atoms with Crippen LogP contribution in [0.3, 0.4) is 0 Å². The van der Waals surface area contributed by atoms with E-state index < -0.39 is 15.6 Å². The van der Waals surface area contributed by atoms with Crippen molar-refractivity contribution in [1.29, 1.82) is 0 Å². The average Bonchev–Trinajstić information content (AvgIpc) is 2.14. The van der Waals surface area contributed by atoms with Crippen LogP contribution < -0.4 is 0 Å². The van der Waals surface area contributed by atoms with Crippen LogP contribution in [-0.4, -0.2) is 39.1 Å². The number of alkyl halides is 3. The molecule has 2 atom stereocenters. The van der Waals surface area contributed by atoms with Gasteiger partial charge < -0.3 is 4.55 Å². The number of rotatable bonds is 0. The molecule has 1 aliphatic heterocycles. The first-order valence-electron chi connectivity index (χ1n) is 9.04. The van der Waals surface area contributed by atoms with Gasteiger partial charge in [-0.1, -0.05) is 62.3 Å². The van der Waals surface area contributed by atoms with Crippen LogP contribution in [0.5, 0.6) is 0 Å². The molecule has 0 spiro atoms. The summed E-state index contributed by atoms with van der Waals surface area (Å²) in [5.74, 6) is 0. The highest BCUT2D eigenvalue weighted by Crippen LogP contribution is 3.27. The highest BCUT2D eigenvalue weighted by atomic mass is 33.0. The summed E-state index contributed by atoms with van der Waals surface area (Å²) in [6, 6.07) is 0. The fourth-order valence-corrected chi connectivity index (χ4v) is 63.7. The largest absolute Gasteiger partial charge is 0.741 e. The lowest BCUT2D eigenvalue weighted by Crippen LogP contribution is -2.30. The Balaban J connectivity index is 0.000000769. The van der Waals surface area contributed by atoms with Gasteiger partial charge in [0, 0.05) is 17.6 Å². The lowest BCUT2D eigenvalue weighted by Gasteiger charge is -2.61. The van der Waals surface area contributed by atoms with Gasteiger partial charge in [0.1, 0.15) is 0 Å². The predicted molar refractivity (Wildman–Crippen MR) is 124 cm³/mol. The third kappa shape index (κ3) is 7.53. The molecule has 0 unspecified atom stereocenters. The normalized spacial score (nSPS) is 27.6. The molecule has 0 radical (unpaired) electrons. The molecule has 0 aliphatic carbocycles. The van der Waals surface area contributed by atoms with Crippen molar-refractivity contribution in [3.05, 3.63) is 0 Å². The van der Waals surface area contributed by atoms with E-state index in [-0.39, 0.29) is 29.2 Å². The van der Waals surface area contributed by atoms with Gasteiger partial charge in [0.05, 0.1) is 27.1 Å². The average molecular weight is 502 g/mol. The SMILES string of the molecule is CC(C)(C)P1[P@@](C(C)(C)C)[PH+](C(C)(C)C)[P@]1C(C)(C)C.O=S(=O)([O-])C(F)(F)F. The van der Waals surface area contributed by atoms with Gasteiger partial charge in [-0.05, 0) is 25.9 Å². The second kappa shape index (κ2) is 8.75. The molecule has 0 aromatic carbocycles. The van der Waals surface area contributed by atoms with Gasteiger partial charge >= 0.3 is 5.51 Å². The Labute approximate surface area is 174 Å². The van der Waals surface area contributed by atoms with Crippen LogP contribution >= 0.6 is 29.2 Å². The molecular formula is C17H37F3O3P4S. The molecule has 0 saturated carbocycles. The van der Waals surface area contributed by atoms with Crippen molar-refractivity contribution in [2.24, 2.45) is 0 Å². The van der Waals surface area contributed by atoms with Crippen LogP contribution in [0.25, 0.3) is 0 Å². The quantitative estimate of drug-likeness (QED) is 0.189. The van der Waals surface area contributed by atoms with Crippen LogP contribution in [0.15, 0.2) is 0 Å². The maximum absolute atomic E-state index is 10.7. The molecular weight excluding hydrogens is 465 g/mol. The van der Waals surface area contributed by atoms with Crippen molar-refractivity contribution in [3.63, 3.8) is 0 Å². The van der Waals surface area contributed by atoms with E-state index in [4.69, 9.17) is 13.0 Å². The summed E-state index contributed by atoms with van der Waals surface area (Å²) in [4.78, 5) is 0. The van der Waals surface area contributed by atoms with E-state index in [0.717, 1.165) is 0 Å². The topological polar surface area (TPSA) is 57.2 Å². The van der Waals surface area contributed by atoms with E-state index in [0.29, 0.717) is 20.6 Å². The van der Waals surface area contributed by atoms with Crippen LogP contribution in [0, 0.1) is 0 Å². The second-order valence-corrected chi connectivity index (χ2v) is 34.7.